The molecule has 0 aliphatic carbocycles. The maximum Gasteiger partial charge on any atom is 2.00 e. The van der Waals surface area contributed by atoms with Crippen LogP contribution >= 0.6 is 0 Å². The van der Waals surface area contributed by atoms with Crippen molar-refractivity contribution in [2.45, 2.75) is 65.2 Å². The van der Waals surface area contributed by atoms with Crippen LogP contribution < -0.4 is 0 Å². The maximum absolute atomic E-state index is 2.27. The quantitative estimate of drug-likeness (QED) is 0.470. The summed E-state index contributed by atoms with van der Waals surface area (Å²) in [6.45, 7) is 4.54. The van der Waals surface area contributed by atoms with E-state index in [4.69, 9.17) is 0 Å². The second-order valence-electron chi connectivity index (χ2n) is 3.12. The molecule has 0 atom stereocenters. The Hall–Kier alpha value is 1.60. The SMILES string of the molecule is CCCCCCCCCC.[Sn+2].[Sn+2]. The Morgan fingerprint density at radius 1 is 0.500 bits per heavy atom. The van der Waals surface area contributed by atoms with Crippen LogP contribution in [0.4, 0.5) is 0 Å². The normalized spacial score (nSPS) is 8.50. The van der Waals surface area contributed by atoms with Gasteiger partial charge in [0.2, 0.25) is 0 Å². The van der Waals surface area contributed by atoms with E-state index in [0.29, 0.717) is 0 Å². The Balaban J connectivity index is -0.000000405. The van der Waals surface area contributed by atoms with Gasteiger partial charge in [-0.15, -0.1) is 0 Å². The Morgan fingerprint density at radius 3 is 1.00 bits per heavy atom. The summed E-state index contributed by atoms with van der Waals surface area (Å²) in [5.74, 6) is 0. The van der Waals surface area contributed by atoms with Gasteiger partial charge < -0.3 is 0 Å². The molecule has 0 N–H and O–H groups in total. The van der Waals surface area contributed by atoms with Gasteiger partial charge in [0.05, 0.1) is 0 Å². The third kappa shape index (κ3) is 17.6. The summed E-state index contributed by atoms with van der Waals surface area (Å²) < 4.78 is 0. The number of hydrogen-bond donors (Lipinski definition) is 0. The Labute approximate surface area is 112 Å². The van der Waals surface area contributed by atoms with Gasteiger partial charge in [-0.3, -0.25) is 0 Å². The molecule has 0 rings (SSSR count). The zero-order valence-electron chi connectivity index (χ0n) is 8.66. The standard InChI is InChI=1S/C10H22.2Sn/c1-3-5-7-9-10-8-6-4-2;;/h3-10H2,1-2H3;;/q;2*+2. The monoisotopic (exact) mass is 382 g/mol. The molecule has 0 aromatic heterocycles. The zero-order valence-corrected chi connectivity index (χ0v) is 14.4. The maximum atomic E-state index is 2.27. The molecule has 0 saturated carbocycles. The van der Waals surface area contributed by atoms with Crippen LogP contribution in [0.3, 0.4) is 0 Å². The summed E-state index contributed by atoms with van der Waals surface area (Å²) in [6, 6.07) is 0. The van der Waals surface area contributed by atoms with Gasteiger partial charge in [0.15, 0.2) is 0 Å². The van der Waals surface area contributed by atoms with Crippen LogP contribution in [0.25, 0.3) is 0 Å². The van der Waals surface area contributed by atoms with E-state index < -0.39 is 0 Å². The van der Waals surface area contributed by atoms with Gasteiger partial charge in [-0.2, -0.15) is 0 Å². The van der Waals surface area contributed by atoms with E-state index in [-0.39, 0.29) is 47.8 Å². The predicted molar refractivity (Wildman–Crippen MR) is 59.8 cm³/mol. The van der Waals surface area contributed by atoms with Gasteiger partial charge in [0.1, 0.15) is 0 Å². The molecule has 0 aromatic rings. The van der Waals surface area contributed by atoms with E-state index in [1.807, 2.05) is 0 Å². The summed E-state index contributed by atoms with van der Waals surface area (Å²) in [4.78, 5) is 0. The van der Waals surface area contributed by atoms with E-state index in [2.05, 4.69) is 13.8 Å². The van der Waals surface area contributed by atoms with Crippen molar-refractivity contribution in [1.29, 1.82) is 0 Å². The summed E-state index contributed by atoms with van der Waals surface area (Å²) in [5.41, 5.74) is 0. The van der Waals surface area contributed by atoms with E-state index in [9.17, 15) is 0 Å². The fourth-order valence-electron chi connectivity index (χ4n) is 1.21. The van der Waals surface area contributed by atoms with Gasteiger partial charge in [-0.25, -0.2) is 0 Å². The summed E-state index contributed by atoms with van der Waals surface area (Å²) >= 11 is 0. The average Bonchev–Trinajstić information content (AvgIpc) is 1.97. The molecule has 0 amide bonds. The van der Waals surface area contributed by atoms with Crippen LogP contribution in [-0.2, 0) is 0 Å². The molecule has 66 valence electrons. The molecule has 0 aliphatic heterocycles. The minimum atomic E-state index is 0. The van der Waals surface area contributed by atoms with Crippen LogP contribution in [0.5, 0.6) is 0 Å². The van der Waals surface area contributed by atoms with Crippen molar-refractivity contribution in [2.24, 2.45) is 0 Å². The van der Waals surface area contributed by atoms with Crippen molar-refractivity contribution in [3.8, 4) is 0 Å². The van der Waals surface area contributed by atoms with Crippen molar-refractivity contribution in [2.75, 3.05) is 0 Å². The molecule has 0 aromatic carbocycles. The van der Waals surface area contributed by atoms with Crippen molar-refractivity contribution in [3.63, 3.8) is 0 Å². The first-order valence-corrected chi connectivity index (χ1v) is 4.91. The van der Waals surface area contributed by atoms with E-state index in [1.165, 1.54) is 51.4 Å². The molecule has 12 heavy (non-hydrogen) atoms. The third-order valence-electron chi connectivity index (χ3n) is 1.96. The fourth-order valence-corrected chi connectivity index (χ4v) is 1.21. The number of unbranched alkanes of at least 4 members (excludes halogenated alkanes) is 7. The molecular weight excluding hydrogens is 358 g/mol. The zero-order chi connectivity index (χ0) is 7.66. The molecule has 0 fully saturated rings. The molecule has 0 spiro atoms. The van der Waals surface area contributed by atoms with E-state index >= 15 is 0 Å². The van der Waals surface area contributed by atoms with Gasteiger partial charge in [0.25, 0.3) is 0 Å². The van der Waals surface area contributed by atoms with Gasteiger partial charge in [-0.1, -0.05) is 65.2 Å². The third-order valence-corrected chi connectivity index (χ3v) is 1.96. The molecule has 4 radical (unpaired) electrons. The molecule has 0 bridgehead atoms. The molecule has 0 unspecified atom stereocenters. The number of hydrogen-bond acceptors (Lipinski definition) is 0. The van der Waals surface area contributed by atoms with E-state index in [0.717, 1.165) is 0 Å². The molecule has 0 nitrogen and oxygen atoms in total. The van der Waals surface area contributed by atoms with Gasteiger partial charge in [-0.05, 0) is 0 Å². The summed E-state index contributed by atoms with van der Waals surface area (Å²) in [7, 11) is 0. The van der Waals surface area contributed by atoms with Crippen molar-refractivity contribution in [1.82, 2.24) is 0 Å². The molecule has 2 heteroatoms. The van der Waals surface area contributed by atoms with Crippen LogP contribution in [0.15, 0.2) is 0 Å². The summed E-state index contributed by atoms with van der Waals surface area (Å²) in [6.07, 6.45) is 11.5. The first kappa shape index (κ1) is 19.2. The average molecular weight is 380 g/mol. The van der Waals surface area contributed by atoms with Crippen LogP contribution in [-0.4, -0.2) is 47.8 Å². The Morgan fingerprint density at radius 2 is 0.750 bits per heavy atom. The van der Waals surface area contributed by atoms with Gasteiger partial charge in [0, 0.05) is 0 Å². The van der Waals surface area contributed by atoms with Crippen molar-refractivity contribution < 1.29 is 0 Å². The fraction of sp³-hybridized carbons (Fsp3) is 1.00. The number of rotatable bonds is 7. The first-order valence-electron chi connectivity index (χ1n) is 4.91. The van der Waals surface area contributed by atoms with Gasteiger partial charge >= 0.3 is 47.8 Å². The minimum absolute atomic E-state index is 0. The van der Waals surface area contributed by atoms with Crippen LogP contribution in [0, 0.1) is 0 Å². The minimum Gasteiger partial charge on any atom is -0.0654 e. The molecule has 0 aliphatic rings. The first-order chi connectivity index (χ1) is 4.91. The summed E-state index contributed by atoms with van der Waals surface area (Å²) in [5, 5.41) is 0. The van der Waals surface area contributed by atoms with Crippen LogP contribution in [0.1, 0.15) is 65.2 Å². The molecule has 0 heterocycles. The van der Waals surface area contributed by atoms with Crippen molar-refractivity contribution in [3.05, 3.63) is 0 Å². The topological polar surface area (TPSA) is 0 Å². The molecule has 0 saturated heterocycles. The van der Waals surface area contributed by atoms with Crippen molar-refractivity contribution >= 4 is 47.8 Å². The van der Waals surface area contributed by atoms with Crippen LogP contribution in [0.2, 0.25) is 0 Å². The second kappa shape index (κ2) is 18.4. The Kier molecular flexibility index (Phi) is 29.5. The smallest absolute Gasteiger partial charge is 0.0654 e. The molecular formula is C10H22Sn2+4. The Bertz CT molecular complexity index is 47.8. The predicted octanol–water partition coefficient (Wildman–Crippen LogP) is 3.39. The second-order valence-corrected chi connectivity index (χ2v) is 3.12. The largest absolute Gasteiger partial charge is 2.00 e. The van der Waals surface area contributed by atoms with E-state index in [1.54, 1.807) is 0 Å².